The van der Waals surface area contributed by atoms with Crippen molar-refractivity contribution in [1.82, 2.24) is 19.8 Å². The van der Waals surface area contributed by atoms with Crippen LogP contribution in [0.25, 0.3) is 20.8 Å². The number of aliphatic hydroxyl groups is 1. The number of ether oxygens (including phenoxy) is 1. The van der Waals surface area contributed by atoms with Gasteiger partial charge in [0.05, 0.1) is 20.9 Å². The average molecular weight is 529 g/mol. The summed E-state index contributed by atoms with van der Waals surface area (Å²) in [5.74, 6) is 0.751. The fraction of sp³-hybridized carbons (Fsp3) is 0.385. The Morgan fingerprint density at radius 2 is 2.00 bits per heavy atom. The van der Waals surface area contributed by atoms with Gasteiger partial charge in [0.25, 0.3) is 0 Å². The van der Waals surface area contributed by atoms with Crippen molar-refractivity contribution in [2.45, 2.75) is 32.5 Å². The molecule has 0 saturated carbocycles. The van der Waals surface area contributed by atoms with Gasteiger partial charge < -0.3 is 9.84 Å². The second kappa shape index (κ2) is 10.9. The van der Waals surface area contributed by atoms with Crippen molar-refractivity contribution in [3.63, 3.8) is 0 Å². The van der Waals surface area contributed by atoms with Crippen molar-refractivity contribution in [2.75, 3.05) is 32.8 Å². The van der Waals surface area contributed by atoms with Crippen LogP contribution >= 0.6 is 34.3 Å². The summed E-state index contributed by atoms with van der Waals surface area (Å²) in [4.78, 5) is 14.1. The van der Waals surface area contributed by atoms with E-state index in [1.54, 1.807) is 22.7 Å². The summed E-state index contributed by atoms with van der Waals surface area (Å²) in [6.07, 6.45) is -0.540. The summed E-state index contributed by atoms with van der Waals surface area (Å²) in [7, 11) is 0. The zero-order valence-electron chi connectivity index (χ0n) is 19.9. The second-order valence-electron chi connectivity index (χ2n) is 9.06. The molecular weight excluding hydrogens is 500 g/mol. The highest BCUT2D eigenvalue weighted by Gasteiger charge is 2.26. The minimum absolute atomic E-state index is 0.273. The molecule has 2 aromatic carbocycles. The predicted molar refractivity (Wildman–Crippen MR) is 145 cm³/mol. The monoisotopic (exact) mass is 528 g/mol. The lowest BCUT2D eigenvalue weighted by Gasteiger charge is -2.40. The van der Waals surface area contributed by atoms with Crippen LogP contribution in [0.2, 0.25) is 5.02 Å². The maximum absolute atomic E-state index is 10.6. The lowest BCUT2D eigenvalue weighted by atomic mass is 10.1. The summed E-state index contributed by atoms with van der Waals surface area (Å²) in [5.41, 5.74) is 3.15. The number of β-amino-alcohol motifs (C(OH)–C–C–N with tert-alkyl or cyclic N) is 1. The van der Waals surface area contributed by atoms with Crippen molar-refractivity contribution >= 4 is 44.5 Å². The number of piperazine rings is 1. The number of thiazole rings is 2. The molecule has 5 rings (SSSR count). The number of benzene rings is 2. The fourth-order valence-electron chi connectivity index (χ4n) is 4.44. The van der Waals surface area contributed by atoms with E-state index in [1.807, 2.05) is 49.4 Å². The van der Waals surface area contributed by atoms with Crippen molar-refractivity contribution in [3.05, 3.63) is 63.6 Å². The molecule has 0 amide bonds. The Hall–Kier alpha value is -2.07. The zero-order valence-corrected chi connectivity index (χ0v) is 22.2. The van der Waals surface area contributed by atoms with Crippen LogP contribution in [0, 0.1) is 6.92 Å². The third kappa shape index (κ3) is 6.20. The SMILES string of the molecule is Cc1nc2cc(OC[C@H](O)CN3CCN(Cc4csc(-c5ccc(Cl)cc5)n4)[C@@H](C)C3)ccc2s1. The lowest BCUT2D eigenvalue weighted by molar-refractivity contribution is 0.0253. The predicted octanol–water partition coefficient (Wildman–Crippen LogP) is 5.33. The highest BCUT2D eigenvalue weighted by atomic mass is 35.5. The van der Waals surface area contributed by atoms with Crippen molar-refractivity contribution in [1.29, 1.82) is 0 Å². The molecule has 1 aliphatic heterocycles. The van der Waals surface area contributed by atoms with Gasteiger partial charge in [-0.05, 0) is 38.1 Å². The van der Waals surface area contributed by atoms with E-state index in [9.17, 15) is 5.11 Å². The summed E-state index contributed by atoms with van der Waals surface area (Å²) >= 11 is 9.35. The van der Waals surface area contributed by atoms with Gasteiger partial charge in [-0.25, -0.2) is 9.97 Å². The quantitative estimate of drug-likeness (QED) is 0.333. The first kappa shape index (κ1) is 24.6. The molecule has 1 saturated heterocycles. The first-order valence-corrected chi connectivity index (χ1v) is 13.8. The van der Waals surface area contributed by atoms with Crippen molar-refractivity contribution < 1.29 is 9.84 Å². The summed E-state index contributed by atoms with van der Waals surface area (Å²) in [5, 5.41) is 15.5. The Kier molecular flexibility index (Phi) is 7.67. The van der Waals surface area contributed by atoms with Crippen LogP contribution in [0.5, 0.6) is 5.75 Å². The van der Waals surface area contributed by atoms with Gasteiger partial charge in [-0.3, -0.25) is 9.80 Å². The standard InChI is InChI=1S/C26H29ClN4O2S2/c1-17-12-30(14-22(32)15-33-23-7-8-25-24(11-23)28-18(2)35-25)9-10-31(17)13-21-16-34-26(29-21)19-3-5-20(27)6-4-19/h3-8,11,16-17,22,32H,9-10,12-15H2,1-2H3/t17-,22+/m0/s1. The second-order valence-corrected chi connectivity index (χ2v) is 11.6. The van der Waals surface area contributed by atoms with Gasteiger partial charge in [-0.15, -0.1) is 22.7 Å². The van der Waals surface area contributed by atoms with E-state index in [4.69, 9.17) is 21.3 Å². The van der Waals surface area contributed by atoms with E-state index in [-0.39, 0.29) is 6.61 Å². The van der Waals surface area contributed by atoms with Crippen LogP contribution in [0.3, 0.4) is 0 Å². The Labute approximate surface area is 218 Å². The molecule has 2 atom stereocenters. The molecule has 6 nitrogen and oxygen atoms in total. The Morgan fingerprint density at radius 1 is 1.17 bits per heavy atom. The van der Waals surface area contributed by atoms with Crippen LogP contribution in [-0.2, 0) is 6.54 Å². The van der Waals surface area contributed by atoms with E-state index in [2.05, 4.69) is 27.1 Å². The average Bonchev–Trinajstić information content (AvgIpc) is 3.45. The molecule has 1 aliphatic rings. The van der Waals surface area contributed by atoms with Crippen LogP contribution in [0.4, 0.5) is 0 Å². The molecule has 3 heterocycles. The number of rotatable bonds is 8. The van der Waals surface area contributed by atoms with Crippen LogP contribution in [0.15, 0.2) is 47.8 Å². The molecule has 0 aliphatic carbocycles. The molecule has 0 unspecified atom stereocenters. The first-order valence-electron chi connectivity index (χ1n) is 11.8. The van der Waals surface area contributed by atoms with Crippen molar-refractivity contribution in [3.8, 4) is 16.3 Å². The zero-order chi connectivity index (χ0) is 24.4. The van der Waals surface area contributed by atoms with Gasteiger partial charge >= 0.3 is 0 Å². The maximum Gasteiger partial charge on any atom is 0.123 e. The van der Waals surface area contributed by atoms with Gasteiger partial charge in [0.1, 0.15) is 23.5 Å². The third-order valence-electron chi connectivity index (χ3n) is 6.23. The topological polar surface area (TPSA) is 61.7 Å². The minimum Gasteiger partial charge on any atom is -0.491 e. The molecule has 0 spiro atoms. The lowest BCUT2D eigenvalue weighted by Crippen LogP contribution is -2.53. The van der Waals surface area contributed by atoms with E-state index in [1.165, 1.54) is 0 Å². The Bertz CT molecular complexity index is 1280. The van der Waals surface area contributed by atoms with Crippen molar-refractivity contribution in [2.24, 2.45) is 0 Å². The number of aryl methyl sites for hydroxylation is 1. The Balaban J connectivity index is 1.09. The normalized spacial score (nSPS) is 18.2. The van der Waals surface area contributed by atoms with Gasteiger partial charge in [0.15, 0.2) is 0 Å². The number of nitrogens with zero attached hydrogens (tertiary/aromatic N) is 4. The summed E-state index contributed by atoms with van der Waals surface area (Å²) in [6, 6.07) is 14.1. The molecule has 2 aromatic heterocycles. The Morgan fingerprint density at radius 3 is 2.80 bits per heavy atom. The maximum atomic E-state index is 10.6. The van der Waals surface area contributed by atoms with Crippen LogP contribution in [-0.4, -0.2) is 69.8 Å². The number of aliphatic hydroxyl groups excluding tert-OH is 1. The molecule has 1 fully saturated rings. The highest BCUT2D eigenvalue weighted by molar-refractivity contribution is 7.18. The number of hydrogen-bond acceptors (Lipinski definition) is 8. The largest absolute Gasteiger partial charge is 0.491 e. The van der Waals surface area contributed by atoms with Crippen LogP contribution in [0.1, 0.15) is 17.6 Å². The highest BCUT2D eigenvalue weighted by Crippen LogP contribution is 2.27. The third-order valence-corrected chi connectivity index (χ3v) is 8.38. The molecule has 1 N–H and O–H groups in total. The molecule has 9 heteroatoms. The van der Waals surface area contributed by atoms with Gasteiger partial charge in [-0.1, -0.05) is 23.7 Å². The molecule has 0 radical (unpaired) electrons. The number of halogens is 1. The minimum atomic E-state index is -0.540. The van der Waals surface area contributed by atoms with Gasteiger partial charge in [0, 0.05) is 60.8 Å². The molecule has 4 aromatic rings. The summed E-state index contributed by atoms with van der Waals surface area (Å²) < 4.78 is 7.02. The molecule has 0 bridgehead atoms. The number of aromatic nitrogens is 2. The summed E-state index contributed by atoms with van der Waals surface area (Å²) in [6.45, 7) is 8.74. The van der Waals surface area contributed by atoms with E-state index in [0.717, 1.165) is 68.4 Å². The smallest absolute Gasteiger partial charge is 0.123 e. The molecule has 184 valence electrons. The number of hydrogen-bond donors (Lipinski definition) is 1. The molecule has 35 heavy (non-hydrogen) atoms. The fourth-order valence-corrected chi connectivity index (χ4v) is 6.19. The van der Waals surface area contributed by atoms with E-state index < -0.39 is 6.10 Å². The first-order chi connectivity index (χ1) is 16.9. The molecular formula is C26H29ClN4O2S2. The van der Waals surface area contributed by atoms with Gasteiger partial charge in [0.2, 0.25) is 0 Å². The van der Waals surface area contributed by atoms with Crippen LogP contribution < -0.4 is 4.74 Å². The number of fused-ring (bicyclic) bond motifs is 1. The van der Waals surface area contributed by atoms with Gasteiger partial charge in [-0.2, -0.15) is 0 Å². The van der Waals surface area contributed by atoms with E-state index >= 15 is 0 Å². The van der Waals surface area contributed by atoms with E-state index in [0.29, 0.717) is 12.6 Å².